The smallest absolute Gasteiger partial charge is 0.257 e. The molecule has 21 heavy (non-hydrogen) atoms. The van der Waals surface area contributed by atoms with Crippen LogP contribution in [0.1, 0.15) is 35.9 Å². The molecule has 0 bridgehead atoms. The van der Waals surface area contributed by atoms with Crippen molar-refractivity contribution in [1.82, 2.24) is 4.98 Å². The lowest BCUT2D eigenvalue weighted by Crippen LogP contribution is -2.14. The largest absolute Gasteiger partial charge is 0.389 e. The number of aromatic nitrogens is 1. The molecule has 1 aromatic heterocycles. The summed E-state index contributed by atoms with van der Waals surface area (Å²) in [5.41, 5.74) is 1.80. The third-order valence-corrected chi connectivity index (χ3v) is 3.78. The molecule has 2 N–H and O–H groups in total. The van der Waals surface area contributed by atoms with E-state index in [1.165, 1.54) is 0 Å². The first-order chi connectivity index (χ1) is 10.1. The number of para-hydroxylation sites is 1. The van der Waals surface area contributed by atoms with Gasteiger partial charge in [-0.1, -0.05) is 25.1 Å². The highest BCUT2D eigenvalue weighted by Crippen LogP contribution is 2.23. The number of thioether (sulfide) groups is 1. The predicted molar refractivity (Wildman–Crippen MR) is 85.7 cm³/mol. The van der Waals surface area contributed by atoms with E-state index in [1.807, 2.05) is 18.2 Å². The van der Waals surface area contributed by atoms with Crippen molar-refractivity contribution in [1.29, 1.82) is 0 Å². The van der Waals surface area contributed by atoms with Crippen molar-refractivity contribution < 1.29 is 9.90 Å². The number of amides is 1. The first-order valence-corrected chi connectivity index (χ1v) is 7.77. The highest BCUT2D eigenvalue weighted by molar-refractivity contribution is 7.99. The standard InChI is InChI=1S/C16H18N2O2S/c1-3-21-15-9-8-12(10-17-15)16(20)18-14-7-5-4-6-13(14)11(2)19/h4-11,19H,3H2,1-2H3,(H,18,20)/t11-/m0/s1. The van der Waals surface area contributed by atoms with Crippen molar-refractivity contribution in [2.24, 2.45) is 0 Å². The molecule has 2 aromatic rings. The molecular formula is C16H18N2O2S. The quantitative estimate of drug-likeness (QED) is 0.830. The van der Waals surface area contributed by atoms with E-state index in [-0.39, 0.29) is 5.91 Å². The number of nitrogens with one attached hydrogen (secondary N) is 1. The van der Waals surface area contributed by atoms with E-state index in [2.05, 4.69) is 17.2 Å². The summed E-state index contributed by atoms with van der Waals surface area (Å²) in [5.74, 6) is 0.712. The molecule has 4 nitrogen and oxygen atoms in total. The van der Waals surface area contributed by atoms with Crippen molar-refractivity contribution in [2.45, 2.75) is 25.0 Å². The zero-order valence-corrected chi connectivity index (χ0v) is 12.9. The molecule has 0 aliphatic rings. The predicted octanol–water partition coefficient (Wildman–Crippen LogP) is 3.50. The Balaban J connectivity index is 2.14. The van der Waals surface area contributed by atoms with Crippen LogP contribution in [0.25, 0.3) is 0 Å². The maximum Gasteiger partial charge on any atom is 0.257 e. The Morgan fingerprint density at radius 1 is 1.33 bits per heavy atom. The first-order valence-electron chi connectivity index (χ1n) is 6.79. The normalized spacial score (nSPS) is 12.0. The molecule has 1 amide bonds. The minimum Gasteiger partial charge on any atom is -0.389 e. The molecule has 0 saturated heterocycles. The van der Waals surface area contributed by atoms with Crippen molar-refractivity contribution in [3.05, 3.63) is 53.7 Å². The molecule has 5 heteroatoms. The van der Waals surface area contributed by atoms with Crippen LogP contribution in [0.3, 0.4) is 0 Å². The molecule has 1 heterocycles. The Morgan fingerprint density at radius 3 is 2.71 bits per heavy atom. The monoisotopic (exact) mass is 302 g/mol. The van der Waals surface area contributed by atoms with Gasteiger partial charge in [0.05, 0.1) is 16.7 Å². The van der Waals surface area contributed by atoms with Crippen LogP contribution in [0.2, 0.25) is 0 Å². The summed E-state index contributed by atoms with van der Waals surface area (Å²) in [6, 6.07) is 10.8. The highest BCUT2D eigenvalue weighted by Gasteiger charge is 2.11. The second-order valence-corrected chi connectivity index (χ2v) is 5.82. The summed E-state index contributed by atoms with van der Waals surface area (Å²) in [7, 11) is 0. The topological polar surface area (TPSA) is 62.2 Å². The lowest BCUT2D eigenvalue weighted by atomic mass is 10.1. The summed E-state index contributed by atoms with van der Waals surface area (Å²) in [4.78, 5) is 16.5. The lowest BCUT2D eigenvalue weighted by molar-refractivity contribution is 0.102. The van der Waals surface area contributed by atoms with Gasteiger partial charge in [0.25, 0.3) is 5.91 Å². The number of hydrogen-bond acceptors (Lipinski definition) is 4. The van der Waals surface area contributed by atoms with Crippen LogP contribution >= 0.6 is 11.8 Å². The molecule has 110 valence electrons. The van der Waals surface area contributed by atoms with Crippen LogP contribution < -0.4 is 5.32 Å². The van der Waals surface area contributed by atoms with E-state index >= 15 is 0 Å². The summed E-state index contributed by atoms with van der Waals surface area (Å²) in [5, 5.41) is 13.4. The summed E-state index contributed by atoms with van der Waals surface area (Å²) >= 11 is 1.63. The molecule has 0 unspecified atom stereocenters. The van der Waals surface area contributed by atoms with E-state index in [0.717, 1.165) is 10.8 Å². The van der Waals surface area contributed by atoms with Gasteiger partial charge in [-0.3, -0.25) is 4.79 Å². The average molecular weight is 302 g/mol. The van der Waals surface area contributed by atoms with Gasteiger partial charge in [0.2, 0.25) is 0 Å². The van der Waals surface area contributed by atoms with E-state index < -0.39 is 6.10 Å². The third-order valence-electron chi connectivity index (χ3n) is 2.95. The number of carbonyl (C=O) groups is 1. The summed E-state index contributed by atoms with van der Waals surface area (Å²) < 4.78 is 0. The van der Waals surface area contributed by atoms with Crippen LogP contribution in [0.4, 0.5) is 5.69 Å². The molecule has 0 radical (unpaired) electrons. The van der Waals surface area contributed by atoms with E-state index in [0.29, 0.717) is 16.8 Å². The van der Waals surface area contributed by atoms with Gasteiger partial charge >= 0.3 is 0 Å². The zero-order chi connectivity index (χ0) is 15.2. The van der Waals surface area contributed by atoms with Crippen molar-refractivity contribution in [3.63, 3.8) is 0 Å². The van der Waals surface area contributed by atoms with Crippen molar-refractivity contribution in [2.75, 3.05) is 11.1 Å². The summed E-state index contributed by atoms with van der Waals surface area (Å²) in [6.45, 7) is 3.73. The van der Waals surface area contributed by atoms with Crippen LogP contribution in [0, 0.1) is 0 Å². The van der Waals surface area contributed by atoms with Gasteiger partial charge in [-0.05, 0) is 30.9 Å². The molecule has 0 saturated carbocycles. The van der Waals surface area contributed by atoms with E-state index in [9.17, 15) is 9.90 Å². The van der Waals surface area contributed by atoms with Crippen molar-refractivity contribution in [3.8, 4) is 0 Å². The van der Waals surface area contributed by atoms with Gasteiger partial charge in [0, 0.05) is 17.4 Å². The minimum atomic E-state index is -0.636. The zero-order valence-electron chi connectivity index (χ0n) is 12.0. The number of pyridine rings is 1. The molecule has 0 fully saturated rings. The van der Waals surface area contributed by atoms with E-state index in [1.54, 1.807) is 43.1 Å². The molecule has 0 spiro atoms. The molecule has 0 aliphatic carbocycles. The van der Waals surface area contributed by atoms with Crippen LogP contribution in [-0.4, -0.2) is 21.8 Å². The maximum absolute atomic E-state index is 12.2. The fourth-order valence-corrected chi connectivity index (χ4v) is 2.50. The second kappa shape index (κ2) is 7.24. The molecular weight excluding hydrogens is 284 g/mol. The van der Waals surface area contributed by atoms with Gasteiger partial charge in [-0.15, -0.1) is 11.8 Å². The van der Waals surface area contributed by atoms with Gasteiger partial charge < -0.3 is 10.4 Å². The van der Waals surface area contributed by atoms with E-state index in [4.69, 9.17) is 0 Å². The fourth-order valence-electron chi connectivity index (χ4n) is 1.92. The average Bonchev–Trinajstić information content (AvgIpc) is 2.48. The molecule has 1 atom stereocenters. The Bertz CT molecular complexity index is 612. The number of rotatable bonds is 5. The fraction of sp³-hybridized carbons (Fsp3) is 0.250. The van der Waals surface area contributed by atoms with Gasteiger partial charge in [0.15, 0.2) is 0 Å². The number of hydrogen-bond donors (Lipinski definition) is 2. The Morgan fingerprint density at radius 2 is 2.10 bits per heavy atom. The number of aliphatic hydroxyl groups excluding tert-OH is 1. The third kappa shape index (κ3) is 4.06. The Kier molecular flexibility index (Phi) is 5.36. The highest BCUT2D eigenvalue weighted by atomic mass is 32.2. The number of anilines is 1. The number of carbonyl (C=O) groups excluding carboxylic acids is 1. The van der Waals surface area contributed by atoms with Crippen LogP contribution in [-0.2, 0) is 0 Å². The Hall–Kier alpha value is -1.85. The van der Waals surface area contributed by atoms with Crippen LogP contribution in [0.15, 0.2) is 47.6 Å². The van der Waals surface area contributed by atoms with Crippen LogP contribution in [0.5, 0.6) is 0 Å². The SMILES string of the molecule is CCSc1ccc(C(=O)Nc2ccccc2[C@H](C)O)cn1. The summed E-state index contributed by atoms with van der Waals surface area (Å²) in [6.07, 6.45) is 0.932. The minimum absolute atomic E-state index is 0.233. The molecule has 2 rings (SSSR count). The molecule has 1 aromatic carbocycles. The Labute approximate surface area is 128 Å². The number of nitrogens with zero attached hydrogens (tertiary/aromatic N) is 1. The lowest BCUT2D eigenvalue weighted by Gasteiger charge is -2.13. The molecule has 0 aliphatic heterocycles. The maximum atomic E-state index is 12.2. The van der Waals surface area contributed by atoms with Gasteiger partial charge in [-0.25, -0.2) is 4.98 Å². The number of benzene rings is 1. The second-order valence-electron chi connectivity index (χ2n) is 4.54. The first kappa shape index (κ1) is 15.5. The van der Waals surface area contributed by atoms with Gasteiger partial charge in [0.1, 0.15) is 0 Å². The van der Waals surface area contributed by atoms with Gasteiger partial charge in [-0.2, -0.15) is 0 Å². The number of aliphatic hydroxyl groups is 1. The van der Waals surface area contributed by atoms with Crippen molar-refractivity contribution >= 4 is 23.4 Å².